The fourth-order valence-electron chi connectivity index (χ4n) is 2.00. The van der Waals surface area contributed by atoms with E-state index in [1.165, 1.54) is 17.4 Å². The first-order valence-electron chi connectivity index (χ1n) is 6.29. The van der Waals surface area contributed by atoms with Crippen molar-refractivity contribution < 1.29 is 9.18 Å². The Labute approximate surface area is 132 Å². The topological polar surface area (TPSA) is 46.4 Å². The molecule has 0 fully saturated rings. The van der Waals surface area contributed by atoms with Gasteiger partial charge in [0.05, 0.1) is 0 Å². The molecule has 1 amide bonds. The molecule has 0 aliphatic carbocycles. The Balaban J connectivity index is 1.65. The third-order valence-corrected chi connectivity index (χ3v) is 4.57. The second kappa shape index (κ2) is 5.95. The molecule has 2 aromatic heterocycles. The van der Waals surface area contributed by atoms with Crippen LogP contribution in [0.15, 0.2) is 40.4 Å². The molecule has 0 unspecified atom stereocenters. The molecule has 1 aromatic carbocycles. The second-order valence-electron chi connectivity index (χ2n) is 4.40. The normalized spacial score (nSPS) is 11.0. The van der Waals surface area contributed by atoms with Crippen molar-refractivity contribution in [1.82, 2.24) is 14.7 Å². The Morgan fingerprint density at radius 3 is 3.00 bits per heavy atom. The third-order valence-electron chi connectivity index (χ3n) is 3.06. The molecule has 3 rings (SSSR count). The van der Waals surface area contributed by atoms with E-state index < -0.39 is 0 Å². The van der Waals surface area contributed by atoms with Gasteiger partial charge in [0.2, 0.25) is 0 Å². The predicted molar refractivity (Wildman–Crippen MR) is 83.2 cm³/mol. The smallest absolute Gasteiger partial charge is 0.272 e. The van der Waals surface area contributed by atoms with Crippen LogP contribution in [0.25, 0.3) is 4.96 Å². The predicted octanol–water partition coefficient (Wildman–Crippen LogP) is 3.27. The van der Waals surface area contributed by atoms with E-state index in [0.717, 1.165) is 4.96 Å². The molecule has 0 radical (unpaired) electrons. The number of halogens is 2. The van der Waals surface area contributed by atoms with Gasteiger partial charge in [-0.1, -0.05) is 18.2 Å². The number of carbonyl (C=O) groups excluding carboxylic acids is 1. The van der Waals surface area contributed by atoms with Crippen LogP contribution < -0.4 is 5.32 Å². The van der Waals surface area contributed by atoms with Gasteiger partial charge in [0.15, 0.2) is 10.7 Å². The van der Waals surface area contributed by atoms with Gasteiger partial charge in [0.1, 0.15) is 10.4 Å². The fraction of sp³-hybridized carbons (Fsp3) is 0.143. The number of carbonyl (C=O) groups is 1. The molecule has 0 aliphatic heterocycles. The highest BCUT2D eigenvalue weighted by Crippen LogP contribution is 2.22. The van der Waals surface area contributed by atoms with Crippen LogP contribution >= 0.6 is 27.3 Å². The average Bonchev–Trinajstić information content (AvgIpc) is 3.04. The van der Waals surface area contributed by atoms with Crippen LogP contribution in [-0.4, -0.2) is 21.8 Å². The fourth-order valence-corrected chi connectivity index (χ4v) is 3.38. The van der Waals surface area contributed by atoms with Crippen LogP contribution in [-0.2, 0) is 6.42 Å². The number of rotatable bonds is 4. The Kier molecular flexibility index (Phi) is 4.03. The highest BCUT2D eigenvalue weighted by molar-refractivity contribution is 9.10. The van der Waals surface area contributed by atoms with Gasteiger partial charge in [-0.3, -0.25) is 9.20 Å². The average molecular weight is 368 g/mol. The number of nitrogens with zero attached hydrogens (tertiary/aromatic N) is 2. The summed E-state index contributed by atoms with van der Waals surface area (Å²) in [5.74, 6) is -0.524. The molecule has 7 heteroatoms. The molecule has 1 N–H and O–H groups in total. The summed E-state index contributed by atoms with van der Waals surface area (Å²) in [4.78, 5) is 17.1. The maximum absolute atomic E-state index is 13.5. The van der Waals surface area contributed by atoms with Crippen LogP contribution in [0.5, 0.6) is 0 Å². The zero-order chi connectivity index (χ0) is 14.8. The zero-order valence-electron chi connectivity index (χ0n) is 10.8. The maximum atomic E-state index is 13.5. The number of aromatic nitrogens is 2. The van der Waals surface area contributed by atoms with E-state index in [9.17, 15) is 9.18 Å². The third kappa shape index (κ3) is 2.84. The van der Waals surface area contributed by atoms with E-state index in [0.29, 0.717) is 28.8 Å². The molecule has 0 atom stereocenters. The maximum Gasteiger partial charge on any atom is 0.272 e. The number of benzene rings is 1. The van der Waals surface area contributed by atoms with Gasteiger partial charge in [-0.05, 0) is 34.0 Å². The van der Waals surface area contributed by atoms with Gasteiger partial charge in [-0.25, -0.2) is 9.37 Å². The lowest BCUT2D eigenvalue weighted by molar-refractivity contribution is 0.0949. The minimum atomic E-state index is -0.269. The number of thiazole rings is 1. The minimum absolute atomic E-state index is 0.254. The van der Waals surface area contributed by atoms with E-state index in [1.54, 1.807) is 22.6 Å². The number of nitrogens with one attached hydrogen (secondary N) is 1. The van der Waals surface area contributed by atoms with Crippen molar-refractivity contribution in [3.8, 4) is 0 Å². The molecule has 3 aromatic rings. The number of hydrogen-bond acceptors (Lipinski definition) is 3. The van der Waals surface area contributed by atoms with E-state index in [-0.39, 0.29) is 11.7 Å². The lowest BCUT2D eigenvalue weighted by Gasteiger charge is -2.05. The molecule has 0 spiro atoms. The van der Waals surface area contributed by atoms with Crippen molar-refractivity contribution >= 4 is 38.1 Å². The van der Waals surface area contributed by atoms with Crippen molar-refractivity contribution in [2.24, 2.45) is 0 Å². The Morgan fingerprint density at radius 1 is 1.43 bits per heavy atom. The Bertz CT molecular complexity index is 798. The number of imidazole rings is 1. The quantitative estimate of drug-likeness (QED) is 0.769. The highest BCUT2D eigenvalue weighted by atomic mass is 79.9. The molecule has 0 saturated heterocycles. The van der Waals surface area contributed by atoms with Crippen LogP contribution in [0.1, 0.15) is 16.1 Å². The van der Waals surface area contributed by atoms with Gasteiger partial charge >= 0.3 is 0 Å². The molecule has 21 heavy (non-hydrogen) atoms. The summed E-state index contributed by atoms with van der Waals surface area (Å²) in [6, 6.07) is 6.55. The van der Waals surface area contributed by atoms with Gasteiger partial charge < -0.3 is 5.32 Å². The first-order valence-corrected chi connectivity index (χ1v) is 7.96. The molecule has 4 nitrogen and oxygen atoms in total. The van der Waals surface area contributed by atoms with Crippen LogP contribution in [0.4, 0.5) is 4.39 Å². The summed E-state index contributed by atoms with van der Waals surface area (Å²) >= 11 is 4.82. The monoisotopic (exact) mass is 367 g/mol. The highest BCUT2D eigenvalue weighted by Gasteiger charge is 2.17. The zero-order valence-corrected chi connectivity index (χ0v) is 13.2. The van der Waals surface area contributed by atoms with E-state index in [2.05, 4.69) is 26.2 Å². The van der Waals surface area contributed by atoms with E-state index in [4.69, 9.17) is 0 Å². The van der Waals surface area contributed by atoms with Gasteiger partial charge in [0.25, 0.3) is 5.91 Å². The summed E-state index contributed by atoms with van der Waals surface area (Å²) in [5.41, 5.74) is 0.929. The van der Waals surface area contributed by atoms with Crippen molar-refractivity contribution in [1.29, 1.82) is 0 Å². The van der Waals surface area contributed by atoms with Crippen molar-refractivity contribution in [3.05, 3.63) is 57.5 Å². The first kappa shape index (κ1) is 14.2. The number of hydrogen-bond donors (Lipinski definition) is 1. The minimum Gasteiger partial charge on any atom is -0.350 e. The van der Waals surface area contributed by atoms with Crippen LogP contribution in [0.2, 0.25) is 0 Å². The summed E-state index contributed by atoms with van der Waals surface area (Å²) in [7, 11) is 0. The summed E-state index contributed by atoms with van der Waals surface area (Å²) in [5, 5.41) is 4.66. The SMILES string of the molecule is O=C(NCCc1ccccc1F)c1nc2sccn2c1Br. The molecule has 2 heterocycles. The molecular formula is C14H11BrFN3OS. The van der Waals surface area contributed by atoms with Gasteiger partial charge in [0, 0.05) is 18.1 Å². The van der Waals surface area contributed by atoms with Crippen molar-refractivity contribution in [3.63, 3.8) is 0 Å². The van der Waals surface area contributed by atoms with E-state index in [1.807, 2.05) is 11.6 Å². The second-order valence-corrected chi connectivity index (χ2v) is 6.03. The summed E-state index contributed by atoms with van der Waals surface area (Å²) in [6.45, 7) is 0.359. The lowest BCUT2D eigenvalue weighted by Crippen LogP contribution is -2.26. The van der Waals surface area contributed by atoms with Gasteiger partial charge in [-0.2, -0.15) is 0 Å². The largest absolute Gasteiger partial charge is 0.350 e. The Hall–Kier alpha value is -1.73. The standard InChI is InChI=1S/C14H11BrFN3OS/c15-12-11(18-14-19(12)7-8-21-14)13(20)17-6-5-9-3-1-2-4-10(9)16/h1-4,7-8H,5-6H2,(H,17,20). The van der Waals surface area contributed by atoms with E-state index >= 15 is 0 Å². The lowest BCUT2D eigenvalue weighted by atomic mass is 10.1. The molecule has 0 saturated carbocycles. The summed E-state index contributed by atoms with van der Waals surface area (Å²) in [6.07, 6.45) is 2.28. The van der Waals surface area contributed by atoms with Crippen molar-refractivity contribution in [2.75, 3.05) is 6.54 Å². The number of amides is 1. The first-order chi connectivity index (χ1) is 10.2. The van der Waals surface area contributed by atoms with Crippen LogP contribution in [0, 0.1) is 5.82 Å². The van der Waals surface area contributed by atoms with Crippen molar-refractivity contribution in [2.45, 2.75) is 6.42 Å². The molecule has 108 valence electrons. The molecule has 0 aliphatic rings. The number of fused-ring (bicyclic) bond motifs is 1. The van der Waals surface area contributed by atoms with Crippen LogP contribution in [0.3, 0.4) is 0 Å². The van der Waals surface area contributed by atoms with Gasteiger partial charge in [-0.15, -0.1) is 11.3 Å². The molecule has 0 bridgehead atoms. The Morgan fingerprint density at radius 2 is 2.24 bits per heavy atom. The molecular weight excluding hydrogens is 357 g/mol. The summed E-state index contributed by atoms with van der Waals surface area (Å²) < 4.78 is 15.9.